The second kappa shape index (κ2) is 5.66. The van der Waals surface area contributed by atoms with Crippen LogP contribution in [0.1, 0.15) is 5.56 Å². The Hall–Kier alpha value is -2.48. The molecule has 0 bridgehead atoms. The van der Waals surface area contributed by atoms with E-state index in [4.69, 9.17) is 4.74 Å². The highest BCUT2D eigenvalue weighted by atomic mass is 16.5. The molecule has 0 fully saturated rings. The Morgan fingerprint density at radius 3 is 2.65 bits per heavy atom. The summed E-state index contributed by atoms with van der Waals surface area (Å²) in [5.74, 6) is 0.924. The SMILES string of the molecule is COc1cccc2c1ccn2C/C=C/c1ccccc1. The molecule has 2 heteroatoms. The molecule has 0 aliphatic heterocycles. The van der Waals surface area contributed by atoms with E-state index in [1.54, 1.807) is 7.11 Å². The van der Waals surface area contributed by atoms with Crippen molar-refractivity contribution in [1.29, 1.82) is 0 Å². The fraction of sp³-hybridized carbons (Fsp3) is 0.111. The highest BCUT2D eigenvalue weighted by Gasteiger charge is 2.04. The molecule has 0 aliphatic carbocycles. The first-order valence-electron chi connectivity index (χ1n) is 6.72. The Morgan fingerprint density at radius 1 is 1.00 bits per heavy atom. The maximum absolute atomic E-state index is 5.38. The number of methoxy groups -OCH3 is 1. The summed E-state index contributed by atoms with van der Waals surface area (Å²) in [6, 6.07) is 18.6. The standard InChI is InChI=1S/C18H17NO/c1-20-18-11-5-10-17-16(18)12-14-19(17)13-6-9-15-7-3-2-4-8-15/h2-12,14H,13H2,1H3/b9-6+. The van der Waals surface area contributed by atoms with Crippen molar-refractivity contribution < 1.29 is 4.74 Å². The van der Waals surface area contributed by atoms with E-state index in [2.05, 4.69) is 59.3 Å². The largest absolute Gasteiger partial charge is 0.496 e. The van der Waals surface area contributed by atoms with Gasteiger partial charge >= 0.3 is 0 Å². The van der Waals surface area contributed by atoms with Gasteiger partial charge in [0.1, 0.15) is 5.75 Å². The zero-order valence-corrected chi connectivity index (χ0v) is 11.5. The molecular weight excluding hydrogens is 246 g/mol. The van der Waals surface area contributed by atoms with E-state index < -0.39 is 0 Å². The van der Waals surface area contributed by atoms with Gasteiger partial charge in [0.2, 0.25) is 0 Å². The van der Waals surface area contributed by atoms with E-state index in [9.17, 15) is 0 Å². The number of hydrogen-bond acceptors (Lipinski definition) is 1. The van der Waals surface area contributed by atoms with Gasteiger partial charge in [0.15, 0.2) is 0 Å². The van der Waals surface area contributed by atoms with E-state index >= 15 is 0 Å². The lowest BCUT2D eigenvalue weighted by molar-refractivity contribution is 0.420. The monoisotopic (exact) mass is 263 g/mol. The van der Waals surface area contributed by atoms with Gasteiger partial charge in [-0.2, -0.15) is 0 Å². The smallest absolute Gasteiger partial charge is 0.128 e. The third-order valence-corrected chi connectivity index (χ3v) is 3.41. The van der Waals surface area contributed by atoms with E-state index in [1.807, 2.05) is 18.2 Å². The molecule has 0 aliphatic rings. The van der Waals surface area contributed by atoms with Gasteiger partial charge < -0.3 is 9.30 Å². The molecule has 1 heterocycles. The summed E-state index contributed by atoms with van der Waals surface area (Å²) in [5.41, 5.74) is 2.42. The summed E-state index contributed by atoms with van der Waals surface area (Å²) in [5, 5.41) is 1.16. The number of benzene rings is 2. The van der Waals surface area contributed by atoms with Gasteiger partial charge in [-0.1, -0.05) is 48.6 Å². The predicted molar refractivity (Wildman–Crippen MR) is 84.0 cm³/mol. The van der Waals surface area contributed by atoms with Crippen molar-refractivity contribution in [1.82, 2.24) is 4.57 Å². The van der Waals surface area contributed by atoms with Crippen LogP contribution in [0.15, 0.2) is 66.9 Å². The first kappa shape index (κ1) is 12.5. The Labute approximate surface area is 118 Å². The van der Waals surface area contributed by atoms with Gasteiger partial charge in [-0.15, -0.1) is 0 Å². The average Bonchev–Trinajstić information content (AvgIpc) is 2.92. The van der Waals surface area contributed by atoms with Gasteiger partial charge in [0.05, 0.1) is 12.6 Å². The number of hydrogen-bond donors (Lipinski definition) is 0. The third kappa shape index (κ3) is 2.45. The lowest BCUT2D eigenvalue weighted by atomic mass is 10.2. The summed E-state index contributed by atoms with van der Waals surface area (Å²) in [4.78, 5) is 0. The van der Waals surface area contributed by atoms with E-state index in [0.717, 1.165) is 17.7 Å². The lowest BCUT2D eigenvalue weighted by Gasteiger charge is -2.04. The molecule has 1 aromatic heterocycles. The van der Waals surface area contributed by atoms with Crippen LogP contribution in [0.5, 0.6) is 5.75 Å². The molecule has 0 atom stereocenters. The molecule has 0 unspecified atom stereocenters. The zero-order valence-electron chi connectivity index (χ0n) is 11.5. The van der Waals surface area contributed by atoms with Crippen molar-refractivity contribution in [3.8, 4) is 5.75 Å². The van der Waals surface area contributed by atoms with Crippen molar-refractivity contribution in [2.75, 3.05) is 7.11 Å². The molecule has 2 nitrogen and oxygen atoms in total. The van der Waals surface area contributed by atoms with Crippen molar-refractivity contribution in [3.63, 3.8) is 0 Å². The minimum atomic E-state index is 0.853. The van der Waals surface area contributed by atoms with Crippen LogP contribution < -0.4 is 4.74 Å². The van der Waals surface area contributed by atoms with Gasteiger partial charge in [0, 0.05) is 18.1 Å². The molecule has 0 amide bonds. The van der Waals surface area contributed by atoms with Crippen LogP contribution >= 0.6 is 0 Å². The van der Waals surface area contributed by atoms with Gasteiger partial charge in [-0.05, 0) is 23.8 Å². The van der Waals surface area contributed by atoms with Crippen LogP contribution in [0.2, 0.25) is 0 Å². The quantitative estimate of drug-likeness (QED) is 0.682. The summed E-state index contributed by atoms with van der Waals surface area (Å²) >= 11 is 0. The number of fused-ring (bicyclic) bond motifs is 1. The predicted octanol–water partition coefficient (Wildman–Crippen LogP) is 4.36. The lowest BCUT2D eigenvalue weighted by Crippen LogP contribution is -1.92. The Balaban J connectivity index is 1.83. The van der Waals surface area contributed by atoms with Crippen molar-refractivity contribution in [2.45, 2.75) is 6.54 Å². The van der Waals surface area contributed by atoms with Crippen LogP contribution in [-0.2, 0) is 6.54 Å². The molecule has 100 valence electrons. The normalized spacial score (nSPS) is 11.2. The molecule has 0 radical (unpaired) electrons. The number of rotatable bonds is 4. The summed E-state index contributed by atoms with van der Waals surface area (Å²) in [6.45, 7) is 0.853. The second-order valence-electron chi connectivity index (χ2n) is 4.67. The third-order valence-electron chi connectivity index (χ3n) is 3.41. The van der Waals surface area contributed by atoms with Crippen molar-refractivity contribution in [2.24, 2.45) is 0 Å². The summed E-state index contributed by atoms with van der Waals surface area (Å²) in [7, 11) is 1.71. The van der Waals surface area contributed by atoms with Gasteiger partial charge in [0.25, 0.3) is 0 Å². The number of aromatic nitrogens is 1. The molecule has 0 N–H and O–H groups in total. The molecule has 0 saturated carbocycles. The first-order valence-corrected chi connectivity index (χ1v) is 6.72. The van der Waals surface area contributed by atoms with Crippen LogP contribution in [0, 0.1) is 0 Å². The molecule has 2 aromatic carbocycles. The summed E-state index contributed by atoms with van der Waals surface area (Å²) in [6.07, 6.45) is 6.42. The van der Waals surface area contributed by atoms with Crippen LogP contribution in [0.4, 0.5) is 0 Å². The topological polar surface area (TPSA) is 14.2 Å². The van der Waals surface area contributed by atoms with Crippen molar-refractivity contribution >= 4 is 17.0 Å². The average molecular weight is 263 g/mol. The van der Waals surface area contributed by atoms with E-state index in [-0.39, 0.29) is 0 Å². The number of allylic oxidation sites excluding steroid dienone is 1. The maximum atomic E-state index is 5.38. The zero-order chi connectivity index (χ0) is 13.8. The minimum absolute atomic E-state index is 0.853. The fourth-order valence-electron chi connectivity index (χ4n) is 2.40. The molecular formula is C18H17NO. The second-order valence-corrected chi connectivity index (χ2v) is 4.67. The minimum Gasteiger partial charge on any atom is -0.496 e. The molecule has 3 rings (SSSR count). The first-order chi connectivity index (χ1) is 9.88. The number of nitrogens with zero attached hydrogens (tertiary/aromatic N) is 1. The molecule has 0 spiro atoms. The van der Waals surface area contributed by atoms with Crippen molar-refractivity contribution in [3.05, 3.63) is 72.4 Å². The Bertz CT molecular complexity index is 726. The van der Waals surface area contributed by atoms with Crippen LogP contribution in [0.3, 0.4) is 0 Å². The van der Waals surface area contributed by atoms with Crippen LogP contribution in [0.25, 0.3) is 17.0 Å². The Morgan fingerprint density at radius 2 is 1.85 bits per heavy atom. The van der Waals surface area contributed by atoms with Gasteiger partial charge in [-0.3, -0.25) is 0 Å². The molecule has 20 heavy (non-hydrogen) atoms. The highest BCUT2D eigenvalue weighted by Crippen LogP contribution is 2.26. The highest BCUT2D eigenvalue weighted by molar-refractivity contribution is 5.86. The Kier molecular flexibility index (Phi) is 3.55. The number of ether oxygens (including phenoxy) is 1. The van der Waals surface area contributed by atoms with Gasteiger partial charge in [-0.25, -0.2) is 0 Å². The van der Waals surface area contributed by atoms with E-state index in [1.165, 1.54) is 11.1 Å². The van der Waals surface area contributed by atoms with E-state index in [0.29, 0.717) is 0 Å². The fourth-order valence-corrected chi connectivity index (χ4v) is 2.40. The summed E-state index contributed by atoms with van der Waals surface area (Å²) < 4.78 is 7.60. The van der Waals surface area contributed by atoms with Crippen LogP contribution in [-0.4, -0.2) is 11.7 Å². The molecule has 3 aromatic rings. The molecule has 0 saturated heterocycles. The maximum Gasteiger partial charge on any atom is 0.128 e.